The molecule has 0 unspecified atom stereocenters. The van der Waals surface area contributed by atoms with Crippen molar-refractivity contribution in [2.24, 2.45) is 0 Å². The first-order chi connectivity index (χ1) is 69.2. The second-order valence-electron chi connectivity index (χ2n) is 36.9. The lowest BCUT2D eigenvalue weighted by atomic mass is 9.95. The molecule has 0 amide bonds. The van der Waals surface area contributed by atoms with Crippen molar-refractivity contribution in [2.45, 2.75) is 0 Å². The number of hydrogen-bond donors (Lipinski definition) is 0. The van der Waals surface area contributed by atoms with Gasteiger partial charge in [-0.05, 0) is 252 Å². The van der Waals surface area contributed by atoms with Gasteiger partial charge in [0.2, 0.25) is 0 Å². The van der Waals surface area contributed by atoms with E-state index in [1.165, 1.54) is 10.8 Å². The predicted octanol–water partition coefficient (Wildman–Crippen LogP) is 33.2. The largest absolute Gasteiger partial charge is 0.456 e. The summed E-state index contributed by atoms with van der Waals surface area (Å²) < 4.78 is 27.2. The third-order valence-corrected chi connectivity index (χ3v) is 29.8. The van der Waals surface area contributed by atoms with E-state index in [0.29, 0.717) is 45.0 Å². The Labute approximate surface area is 796 Å². The summed E-state index contributed by atoms with van der Waals surface area (Å²) >= 11 is 0. The summed E-state index contributed by atoms with van der Waals surface area (Å²) in [5.41, 5.74) is 26.8. The molecular weight excluding hydrogens is 1710 g/mol. The quantitative estimate of drug-likeness (QED) is 0.140. The van der Waals surface area contributed by atoms with E-state index in [2.05, 4.69) is 422 Å². The normalized spacial score (nSPS) is 12.1. The first kappa shape index (κ1) is 76.8. The number of para-hydroxylation sites is 5. The summed E-state index contributed by atoms with van der Waals surface area (Å²) in [7, 11) is 0. The van der Waals surface area contributed by atoms with E-state index < -0.39 is 0 Å². The maximum absolute atomic E-state index is 12.3. The number of aromatic nitrogens is 6. The second kappa shape index (κ2) is 28.9. The second-order valence-corrected chi connectivity index (χ2v) is 36.9. The van der Waals surface area contributed by atoms with E-state index in [4.69, 9.17) is 8.83 Å². The molecule has 8 heterocycles. The van der Waals surface area contributed by atoms with Crippen molar-refractivity contribution >= 4 is 218 Å². The van der Waals surface area contributed by atoms with E-state index in [0.717, 1.165) is 252 Å². The third-order valence-electron chi connectivity index (χ3n) is 29.8. The number of benzene rings is 22. The molecule has 0 aliphatic rings. The number of furan rings is 2. The molecule has 0 aliphatic carbocycles. The van der Waals surface area contributed by atoms with Gasteiger partial charge in [0.15, 0.2) is 0 Å². The van der Waals surface area contributed by atoms with Crippen molar-refractivity contribution in [1.29, 1.82) is 21.0 Å². The molecule has 0 bridgehead atoms. The summed E-state index contributed by atoms with van der Waals surface area (Å²) in [4.78, 5) is 0. The molecule has 0 atom stereocenters. The van der Waals surface area contributed by atoms with Gasteiger partial charge in [-0.1, -0.05) is 237 Å². The number of nitriles is 4. The molecule has 30 aromatic rings. The molecule has 642 valence electrons. The lowest BCUT2D eigenvalue weighted by molar-refractivity contribution is 0.668. The summed E-state index contributed by atoms with van der Waals surface area (Å²) in [6.45, 7) is 0. The molecule has 8 aromatic heterocycles. The van der Waals surface area contributed by atoms with Gasteiger partial charge >= 0.3 is 0 Å². The van der Waals surface area contributed by atoms with Crippen molar-refractivity contribution < 1.29 is 8.83 Å². The first-order valence-corrected chi connectivity index (χ1v) is 47.0. The lowest BCUT2D eigenvalue weighted by Crippen LogP contribution is -2.07. The van der Waals surface area contributed by atoms with Gasteiger partial charge in [-0.25, -0.2) is 0 Å². The molecule has 0 aliphatic heterocycles. The Morgan fingerprint density at radius 1 is 0.186 bits per heavy atom. The van der Waals surface area contributed by atoms with Gasteiger partial charge in [-0.3, -0.25) is 0 Å². The minimum absolute atomic E-state index is 0.357. The standard InChI is InChI=1S/C128H68N10O2/c129-69-73-58-84(71-131)128(118(61-73)137-108-50-42-78(63-99(108)123-87-21-4-1-18-75(87)40-53-114(123)137)80-36-48-97-96-28-11-16-34-119(96)139-121(97)65-80)138-111-51-43-79(64-100(111)124-88-22-5-2-20-77(88)41-54-115(124)138)81-37-49-98-122(66-81)140-120-35-17-29-90(127(98)120)82-38-47-91-83(62-82)44-55-113-126(91)102-68-86(134-106-32-14-9-26-94(106)95-27-10-15-33-107(95)134)46-57-110(102)136(113)117-60-74(70-130)59-116(103(117)72-132)135-109-56-45-85(67-101(109)125-89-23-6-3-19-76(89)39-52-112(125)135)133-104-30-12-7-24-92(104)93-25-8-13-31-105(93)133/h1-68H. The van der Waals surface area contributed by atoms with Gasteiger partial charge < -0.3 is 36.2 Å². The van der Waals surface area contributed by atoms with E-state index in [1.807, 2.05) is 36.4 Å². The molecule has 12 heteroatoms. The molecule has 0 N–H and O–H groups in total. The third kappa shape index (κ3) is 10.7. The van der Waals surface area contributed by atoms with Crippen molar-refractivity contribution in [3.05, 3.63) is 435 Å². The van der Waals surface area contributed by atoms with Gasteiger partial charge in [0.05, 0.1) is 118 Å². The Hall–Kier alpha value is -19.8. The summed E-state index contributed by atoms with van der Waals surface area (Å²) in [5.74, 6) is 0. The topological polar surface area (TPSA) is 151 Å². The highest BCUT2D eigenvalue weighted by molar-refractivity contribution is 6.28. The minimum atomic E-state index is 0.357. The van der Waals surface area contributed by atoms with Crippen LogP contribution in [0.2, 0.25) is 0 Å². The maximum atomic E-state index is 12.3. The van der Waals surface area contributed by atoms with Gasteiger partial charge in [-0.15, -0.1) is 0 Å². The number of hydrogen-bond acceptors (Lipinski definition) is 6. The van der Waals surface area contributed by atoms with Crippen LogP contribution in [0.1, 0.15) is 22.3 Å². The highest BCUT2D eigenvalue weighted by atomic mass is 16.3. The molecule has 140 heavy (non-hydrogen) atoms. The number of nitrogens with zero attached hydrogens (tertiary/aromatic N) is 10. The van der Waals surface area contributed by atoms with Crippen LogP contribution in [0.3, 0.4) is 0 Å². The van der Waals surface area contributed by atoms with Crippen molar-refractivity contribution in [1.82, 2.24) is 27.4 Å². The summed E-state index contributed by atoms with van der Waals surface area (Å²) in [6.07, 6.45) is 0. The van der Waals surface area contributed by atoms with Crippen LogP contribution in [0.5, 0.6) is 0 Å². The van der Waals surface area contributed by atoms with E-state index in [9.17, 15) is 21.0 Å². The smallest absolute Gasteiger partial charge is 0.136 e. The monoisotopic (exact) mass is 1780 g/mol. The van der Waals surface area contributed by atoms with Crippen molar-refractivity contribution in [3.8, 4) is 91.8 Å². The Morgan fingerprint density at radius 3 is 1.04 bits per heavy atom. The Balaban J connectivity index is 0.572. The van der Waals surface area contributed by atoms with Crippen molar-refractivity contribution in [2.75, 3.05) is 0 Å². The van der Waals surface area contributed by atoms with Crippen LogP contribution in [-0.2, 0) is 0 Å². The average Bonchev–Trinajstić information content (AvgIpc) is 1.55. The molecule has 0 spiro atoms. The zero-order valence-corrected chi connectivity index (χ0v) is 74.5. The fourth-order valence-electron chi connectivity index (χ4n) is 23.9. The SMILES string of the molecule is N#Cc1cc(-n2c3ccc(-n4c5ccccc5c5ccccc54)cc3c3c4ccccc4ccc32)c(C#N)c(-n2c3ccc(-n4c5ccccc5c5ccccc54)cc3c3c4ccc(-c5cccc6oc7cc(-c8ccc9c(c8)c8c%10ccccc%10ccc8n9-c8c(C#N)cc(C#N)cc8-n8c9ccc(-c%10ccc%11c(c%10)oc%10ccccc%10%11)cc9c9c%10ccccc%10ccc98)ccc7c56)cc4ccc32)c1. The minimum Gasteiger partial charge on any atom is -0.456 e. The Kier molecular flexibility index (Phi) is 15.8. The molecular formula is C128H68N10O2. The molecule has 22 aromatic carbocycles. The molecule has 0 saturated carbocycles. The lowest BCUT2D eigenvalue weighted by Gasteiger charge is -2.19. The zero-order chi connectivity index (χ0) is 92.1. The number of rotatable bonds is 9. The highest BCUT2D eigenvalue weighted by Gasteiger charge is 2.31. The van der Waals surface area contributed by atoms with Crippen LogP contribution < -0.4 is 0 Å². The van der Waals surface area contributed by atoms with Crippen LogP contribution in [0.25, 0.3) is 285 Å². The van der Waals surface area contributed by atoms with Crippen LogP contribution in [0.4, 0.5) is 0 Å². The summed E-state index contributed by atoms with van der Waals surface area (Å²) in [5, 5.41) is 72.0. The molecule has 0 saturated heterocycles. The molecule has 12 nitrogen and oxygen atoms in total. The van der Waals surface area contributed by atoms with Gasteiger partial charge in [0.25, 0.3) is 0 Å². The van der Waals surface area contributed by atoms with Crippen LogP contribution in [0.15, 0.2) is 421 Å². The van der Waals surface area contributed by atoms with E-state index >= 15 is 0 Å². The predicted molar refractivity (Wildman–Crippen MR) is 572 cm³/mol. The fraction of sp³-hybridized carbons (Fsp3) is 0. The average molecular weight is 1780 g/mol. The van der Waals surface area contributed by atoms with Crippen LogP contribution in [0, 0.1) is 45.3 Å². The first-order valence-electron chi connectivity index (χ1n) is 47.0. The number of fused-ring (bicyclic) bond motifs is 32. The summed E-state index contributed by atoms with van der Waals surface area (Å²) in [6, 6.07) is 156. The van der Waals surface area contributed by atoms with Crippen LogP contribution >= 0.6 is 0 Å². The van der Waals surface area contributed by atoms with Crippen molar-refractivity contribution in [3.63, 3.8) is 0 Å². The van der Waals surface area contributed by atoms with Gasteiger partial charge in [0, 0.05) is 97.6 Å². The Bertz CT molecular complexity index is 11000. The molecule has 0 radical (unpaired) electrons. The van der Waals surface area contributed by atoms with Gasteiger partial charge in [-0.2, -0.15) is 21.0 Å². The Morgan fingerprint density at radius 2 is 0.536 bits per heavy atom. The molecule has 30 rings (SSSR count). The maximum Gasteiger partial charge on any atom is 0.136 e. The van der Waals surface area contributed by atoms with Crippen LogP contribution in [-0.4, -0.2) is 27.4 Å². The zero-order valence-electron chi connectivity index (χ0n) is 74.5. The van der Waals surface area contributed by atoms with E-state index in [-0.39, 0.29) is 0 Å². The fourth-order valence-corrected chi connectivity index (χ4v) is 23.9. The van der Waals surface area contributed by atoms with E-state index in [1.54, 1.807) is 6.07 Å². The molecule has 0 fully saturated rings. The highest BCUT2D eigenvalue weighted by Crippen LogP contribution is 2.51. The van der Waals surface area contributed by atoms with Gasteiger partial charge in [0.1, 0.15) is 40.0 Å².